The average molecular weight is 356 g/mol. The van der Waals surface area contributed by atoms with Crippen LogP contribution in [0.4, 0.5) is 4.39 Å². The Morgan fingerprint density at radius 3 is 2.54 bits per heavy atom. The summed E-state index contributed by atoms with van der Waals surface area (Å²) in [4.78, 5) is 11.4. The Hall–Kier alpha value is -1.47. The molecule has 1 aromatic carbocycles. The maximum absolute atomic E-state index is 13.3. The minimum atomic E-state index is -3.88. The normalized spacial score (nSPS) is 16.5. The third kappa shape index (κ3) is 4.77. The molecule has 0 radical (unpaired) electrons. The molecule has 7 heteroatoms. The summed E-state index contributed by atoms with van der Waals surface area (Å²) < 4.78 is 40.1. The highest BCUT2D eigenvalue weighted by atomic mass is 32.2. The fourth-order valence-corrected chi connectivity index (χ4v) is 4.93. The van der Waals surface area contributed by atoms with Crippen molar-refractivity contribution in [1.82, 2.24) is 4.31 Å². The predicted molar refractivity (Wildman–Crippen MR) is 90.3 cm³/mol. The van der Waals surface area contributed by atoms with Gasteiger partial charge in [0.25, 0.3) is 0 Å². The Balaban J connectivity index is 2.19. The number of rotatable bonds is 7. The van der Waals surface area contributed by atoms with Crippen LogP contribution in [-0.2, 0) is 14.8 Å². The molecule has 1 aliphatic carbocycles. The lowest BCUT2D eigenvalue weighted by molar-refractivity contribution is -0.118. The Bertz CT molecular complexity index is 685. The fourth-order valence-electron chi connectivity index (χ4n) is 3.30. The minimum absolute atomic E-state index is 0.0220. The third-order valence-electron chi connectivity index (χ3n) is 4.60. The molecule has 1 amide bonds. The van der Waals surface area contributed by atoms with Crippen molar-refractivity contribution in [3.05, 3.63) is 29.6 Å². The third-order valence-corrected chi connectivity index (χ3v) is 6.60. The molecular weight excluding hydrogens is 331 g/mol. The predicted octanol–water partition coefficient (Wildman–Crippen LogP) is 2.58. The van der Waals surface area contributed by atoms with Crippen molar-refractivity contribution in [3.63, 3.8) is 0 Å². The first-order valence-electron chi connectivity index (χ1n) is 8.35. The molecule has 1 aliphatic rings. The van der Waals surface area contributed by atoms with Gasteiger partial charge in [-0.15, -0.1) is 0 Å². The molecule has 0 heterocycles. The average Bonchev–Trinajstić information content (AvgIpc) is 2.51. The monoisotopic (exact) mass is 356 g/mol. The lowest BCUT2D eigenvalue weighted by Gasteiger charge is -2.26. The van der Waals surface area contributed by atoms with Gasteiger partial charge in [-0.25, -0.2) is 12.8 Å². The van der Waals surface area contributed by atoms with Crippen LogP contribution < -0.4 is 5.73 Å². The number of primary amides is 1. The van der Waals surface area contributed by atoms with E-state index in [9.17, 15) is 17.6 Å². The number of aryl methyl sites for hydroxylation is 1. The van der Waals surface area contributed by atoms with Crippen molar-refractivity contribution < 1.29 is 17.6 Å². The molecule has 1 saturated carbocycles. The molecule has 0 saturated heterocycles. The second-order valence-corrected chi connectivity index (χ2v) is 8.41. The quantitative estimate of drug-likeness (QED) is 0.815. The summed E-state index contributed by atoms with van der Waals surface area (Å²) in [6.07, 6.45) is 6.48. The van der Waals surface area contributed by atoms with Crippen LogP contribution in [0.5, 0.6) is 0 Å². The smallest absolute Gasteiger partial charge is 0.243 e. The molecule has 0 aliphatic heterocycles. The van der Waals surface area contributed by atoms with Gasteiger partial charge < -0.3 is 5.73 Å². The molecule has 0 bridgehead atoms. The first-order valence-corrected chi connectivity index (χ1v) is 9.79. The lowest BCUT2D eigenvalue weighted by Crippen LogP contribution is -2.40. The van der Waals surface area contributed by atoms with Crippen molar-refractivity contribution in [2.75, 3.05) is 13.1 Å². The fraction of sp³-hybridized carbons (Fsp3) is 0.588. The van der Waals surface area contributed by atoms with Gasteiger partial charge >= 0.3 is 0 Å². The number of amides is 1. The van der Waals surface area contributed by atoms with E-state index in [0.29, 0.717) is 17.9 Å². The van der Waals surface area contributed by atoms with Gasteiger partial charge in [-0.05, 0) is 43.0 Å². The maximum Gasteiger partial charge on any atom is 0.243 e. The molecule has 134 valence electrons. The van der Waals surface area contributed by atoms with Gasteiger partial charge in [-0.2, -0.15) is 4.31 Å². The summed E-state index contributed by atoms with van der Waals surface area (Å²) in [5, 5.41) is 0. The number of halogens is 1. The van der Waals surface area contributed by atoms with E-state index in [-0.39, 0.29) is 18.0 Å². The highest BCUT2D eigenvalue weighted by molar-refractivity contribution is 7.89. The molecule has 0 unspecified atom stereocenters. The van der Waals surface area contributed by atoms with Crippen LogP contribution in [0.15, 0.2) is 23.1 Å². The molecule has 0 atom stereocenters. The van der Waals surface area contributed by atoms with Gasteiger partial charge in [0.2, 0.25) is 15.9 Å². The summed E-state index contributed by atoms with van der Waals surface area (Å²) in [7, 11) is -3.88. The van der Waals surface area contributed by atoms with E-state index >= 15 is 0 Å². The second kappa shape index (κ2) is 8.07. The number of carbonyl (C=O) groups is 1. The zero-order valence-corrected chi connectivity index (χ0v) is 14.8. The number of nitrogens with two attached hydrogens (primary N) is 1. The summed E-state index contributed by atoms with van der Waals surface area (Å²) in [6, 6.07) is 3.54. The van der Waals surface area contributed by atoms with E-state index in [1.54, 1.807) is 6.92 Å². The molecule has 1 fully saturated rings. The first kappa shape index (κ1) is 18.9. The van der Waals surface area contributed by atoms with E-state index in [4.69, 9.17) is 5.73 Å². The van der Waals surface area contributed by atoms with Crippen LogP contribution in [-0.4, -0.2) is 31.7 Å². The molecule has 0 aromatic heterocycles. The number of nitrogens with zero attached hydrogens (tertiary/aromatic N) is 1. The SMILES string of the molecule is Cc1cc(F)ccc1S(=O)(=O)N(CCC1CCCCC1)CC(N)=O. The number of benzene rings is 1. The van der Waals surface area contributed by atoms with Crippen molar-refractivity contribution in [2.45, 2.75) is 50.3 Å². The van der Waals surface area contributed by atoms with E-state index in [1.165, 1.54) is 31.4 Å². The highest BCUT2D eigenvalue weighted by Gasteiger charge is 2.28. The molecule has 0 spiro atoms. The Morgan fingerprint density at radius 2 is 1.96 bits per heavy atom. The maximum atomic E-state index is 13.3. The molecule has 24 heavy (non-hydrogen) atoms. The number of hydrogen-bond donors (Lipinski definition) is 1. The number of hydrogen-bond acceptors (Lipinski definition) is 3. The van der Waals surface area contributed by atoms with Gasteiger partial charge in [-0.3, -0.25) is 4.79 Å². The van der Waals surface area contributed by atoms with Crippen LogP contribution in [0.1, 0.15) is 44.1 Å². The van der Waals surface area contributed by atoms with Crippen molar-refractivity contribution >= 4 is 15.9 Å². The van der Waals surface area contributed by atoms with Crippen LogP contribution in [0.2, 0.25) is 0 Å². The highest BCUT2D eigenvalue weighted by Crippen LogP contribution is 2.28. The van der Waals surface area contributed by atoms with E-state index in [0.717, 1.165) is 23.2 Å². The first-order chi connectivity index (χ1) is 11.3. The van der Waals surface area contributed by atoms with Crippen LogP contribution in [0.25, 0.3) is 0 Å². The van der Waals surface area contributed by atoms with E-state index < -0.39 is 21.7 Å². The van der Waals surface area contributed by atoms with Crippen LogP contribution in [0.3, 0.4) is 0 Å². The molecule has 2 rings (SSSR count). The van der Waals surface area contributed by atoms with Crippen molar-refractivity contribution in [2.24, 2.45) is 11.7 Å². The minimum Gasteiger partial charge on any atom is -0.369 e. The zero-order valence-electron chi connectivity index (χ0n) is 14.0. The molecule has 5 nitrogen and oxygen atoms in total. The van der Waals surface area contributed by atoms with E-state index in [2.05, 4.69) is 0 Å². The molecular formula is C17H25FN2O3S. The second-order valence-electron chi connectivity index (χ2n) is 6.51. The van der Waals surface area contributed by atoms with Crippen LogP contribution in [0, 0.1) is 18.7 Å². The topological polar surface area (TPSA) is 80.5 Å². The summed E-state index contributed by atoms with van der Waals surface area (Å²) in [6.45, 7) is 1.44. The Morgan fingerprint density at radius 1 is 1.29 bits per heavy atom. The van der Waals surface area contributed by atoms with Gasteiger partial charge in [0.15, 0.2) is 0 Å². The lowest BCUT2D eigenvalue weighted by atomic mass is 9.87. The number of carbonyl (C=O) groups excluding carboxylic acids is 1. The molecule has 2 N–H and O–H groups in total. The van der Waals surface area contributed by atoms with Crippen molar-refractivity contribution in [3.8, 4) is 0 Å². The summed E-state index contributed by atoms with van der Waals surface area (Å²) >= 11 is 0. The van der Waals surface area contributed by atoms with Gasteiger partial charge in [0, 0.05) is 6.54 Å². The summed E-state index contributed by atoms with van der Waals surface area (Å²) in [5.41, 5.74) is 5.56. The molecule has 1 aromatic rings. The van der Waals surface area contributed by atoms with Gasteiger partial charge in [0.1, 0.15) is 5.82 Å². The Kier molecular flexibility index (Phi) is 6.34. The van der Waals surface area contributed by atoms with Crippen molar-refractivity contribution in [1.29, 1.82) is 0 Å². The van der Waals surface area contributed by atoms with Gasteiger partial charge in [-0.1, -0.05) is 32.1 Å². The Labute approximate surface area is 143 Å². The van der Waals surface area contributed by atoms with Crippen LogP contribution >= 0.6 is 0 Å². The van der Waals surface area contributed by atoms with E-state index in [1.807, 2.05) is 0 Å². The zero-order chi connectivity index (χ0) is 17.7. The number of sulfonamides is 1. The van der Waals surface area contributed by atoms with Gasteiger partial charge in [0.05, 0.1) is 11.4 Å². The summed E-state index contributed by atoms with van der Waals surface area (Å²) in [5.74, 6) is -0.698. The largest absolute Gasteiger partial charge is 0.369 e. The standard InChI is InChI=1S/C17H25FN2O3S/c1-13-11-15(18)7-8-16(13)24(22,23)20(12-17(19)21)10-9-14-5-3-2-4-6-14/h7-8,11,14H,2-6,9-10,12H2,1H3,(H2,19,21).